The van der Waals surface area contributed by atoms with Gasteiger partial charge in [0.1, 0.15) is 19.4 Å². The van der Waals surface area contributed by atoms with E-state index in [1.807, 2.05) is 0 Å². The molecule has 0 aromatic heterocycles. The number of hydrogen-bond acceptors (Lipinski definition) is 3. The Labute approximate surface area is 45.8 Å². The van der Waals surface area contributed by atoms with Gasteiger partial charge >= 0.3 is 5.97 Å². The van der Waals surface area contributed by atoms with E-state index in [0.29, 0.717) is 0 Å². The van der Waals surface area contributed by atoms with Crippen LogP contribution < -0.4 is 5.32 Å². The summed E-state index contributed by atoms with van der Waals surface area (Å²) in [5.74, 6) is -0.493. The maximum Gasteiger partial charge on any atom is 0.327 e. The maximum atomic E-state index is 11.6. The van der Waals surface area contributed by atoms with Gasteiger partial charge in [-0.3, -0.25) is 10.1 Å². The molecule has 1 fully saturated rings. The Morgan fingerprint density at radius 3 is 3.00 bits per heavy atom. The molecule has 3 nitrogen and oxygen atoms in total. The molecule has 1 aliphatic rings. The van der Waals surface area contributed by atoms with Gasteiger partial charge in [-0.1, -0.05) is 0 Å². The van der Waals surface area contributed by atoms with Crippen molar-refractivity contribution in [2.75, 3.05) is 13.4 Å². The van der Waals surface area contributed by atoms with Crippen LogP contribution in [0.1, 0.15) is 0 Å². The molecule has 1 atom stereocenters. The summed E-state index contributed by atoms with van der Waals surface area (Å²) >= 11 is 0. The van der Waals surface area contributed by atoms with Crippen molar-refractivity contribution in [2.24, 2.45) is 0 Å². The van der Waals surface area contributed by atoms with Crippen LogP contribution >= 0.6 is 0 Å². The Bertz CT molecular complexity index is 106. The van der Waals surface area contributed by atoms with Crippen LogP contribution in [0.5, 0.6) is 0 Å². The molecule has 46 valence electrons. The van der Waals surface area contributed by atoms with E-state index < -0.39 is 18.7 Å². The monoisotopic (exact) mass is 119 g/mol. The molecule has 1 N–H and O–H groups in total. The van der Waals surface area contributed by atoms with E-state index in [1.54, 1.807) is 0 Å². The summed E-state index contributed by atoms with van der Waals surface area (Å²) in [5.41, 5.74) is 0. The van der Waals surface area contributed by atoms with Gasteiger partial charge in [-0.2, -0.15) is 0 Å². The van der Waals surface area contributed by atoms with Crippen LogP contribution in [-0.4, -0.2) is 25.4 Å². The maximum absolute atomic E-state index is 11.6. The lowest BCUT2D eigenvalue weighted by molar-refractivity contribution is -0.139. The van der Waals surface area contributed by atoms with Crippen molar-refractivity contribution in [2.45, 2.75) is 6.04 Å². The second kappa shape index (κ2) is 2.09. The second-order valence-corrected chi connectivity index (χ2v) is 1.52. The third-order valence-electron chi connectivity index (χ3n) is 0.983. The minimum absolute atomic E-state index is 0.146. The molecule has 8 heavy (non-hydrogen) atoms. The van der Waals surface area contributed by atoms with E-state index in [0.717, 1.165) is 0 Å². The number of cyclic esters (lactones) is 1. The number of ether oxygens (including phenoxy) is 1. The van der Waals surface area contributed by atoms with Gasteiger partial charge in [-0.15, -0.1) is 0 Å². The zero-order valence-electron chi connectivity index (χ0n) is 4.19. The number of nitrogens with one attached hydrogen (secondary N) is 1. The summed E-state index contributed by atoms with van der Waals surface area (Å²) < 4.78 is 16.0. The van der Waals surface area contributed by atoms with Gasteiger partial charge in [0.2, 0.25) is 0 Å². The van der Waals surface area contributed by atoms with Gasteiger partial charge in [0, 0.05) is 0 Å². The number of halogens is 1. The zero-order valence-corrected chi connectivity index (χ0v) is 4.19. The predicted octanol–water partition coefficient (Wildman–Crippen LogP) is -0.572. The van der Waals surface area contributed by atoms with Crippen LogP contribution in [0.25, 0.3) is 0 Å². The molecule has 0 bridgehead atoms. The van der Waals surface area contributed by atoms with E-state index in [9.17, 15) is 9.18 Å². The Morgan fingerprint density at radius 2 is 2.75 bits per heavy atom. The average Bonchev–Trinajstić information content (AvgIpc) is 2.14. The smallest absolute Gasteiger partial charge is 0.327 e. The molecule has 0 saturated carbocycles. The lowest BCUT2D eigenvalue weighted by atomic mass is 10.4. The summed E-state index contributed by atoms with van der Waals surface area (Å²) in [6.07, 6.45) is 0. The first-order valence-corrected chi connectivity index (χ1v) is 2.30. The number of rotatable bonds is 1. The molecule has 1 saturated heterocycles. The molecule has 1 heterocycles. The SMILES string of the molecule is O=C1OCNC1CF. The summed E-state index contributed by atoms with van der Waals surface area (Å²) in [6, 6.07) is -0.713. The van der Waals surface area contributed by atoms with Gasteiger partial charge in [0.25, 0.3) is 0 Å². The lowest BCUT2D eigenvalue weighted by Crippen LogP contribution is -2.28. The summed E-state index contributed by atoms with van der Waals surface area (Å²) in [4.78, 5) is 10.3. The summed E-state index contributed by atoms with van der Waals surface area (Å²) in [5, 5.41) is 2.51. The number of alkyl halides is 1. The largest absolute Gasteiger partial charge is 0.448 e. The Kier molecular flexibility index (Phi) is 1.43. The highest BCUT2D eigenvalue weighted by molar-refractivity contribution is 5.77. The molecule has 4 heteroatoms. The minimum atomic E-state index is -0.713. The fourth-order valence-corrected chi connectivity index (χ4v) is 0.515. The Hall–Kier alpha value is -0.640. The highest BCUT2D eigenvalue weighted by Gasteiger charge is 2.24. The van der Waals surface area contributed by atoms with E-state index in [2.05, 4.69) is 10.1 Å². The average molecular weight is 119 g/mol. The van der Waals surface area contributed by atoms with Crippen molar-refractivity contribution >= 4 is 5.97 Å². The lowest BCUT2D eigenvalue weighted by Gasteiger charge is -1.93. The van der Waals surface area contributed by atoms with Gasteiger partial charge in [-0.25, -0.2) is 4.39 Å². The fraction of sp³-hybridized carbons (Fsp3) is 0.750. The topological polar surface area (TPSA) is 38.3 Å². The Balaban J connectivity index is 2.42. The van der Waals surface area contributed by atoms with Crippen molar-refractivity contribution in [3.8, 4) is 0 Å². The van der Waals surface area contributed by atoms with Gasteiger partial charge < -0.3 is 4.74 Å². The van der Waals surface area contributed by atoms with E-state index in [4.69, 9.17) is 0 Å². The fourth-order valence-electron chi connectivity index (χ4n) is 0.515. The number of carbonyl (C=O) groups is 1. The van der Waals surface area contributed by atoms with Crippen LogP contribution in [-0.2, 0) is 9.53 Å². The van der Waals surface area contributed by atoms with E-state index in [1.165, 1.54) is 0 Å². The van der Waals surface area contributed by atoms with Crippen LogP contribution in [0.2, 0.25) is 0 Å². The van der Waals surface area contributed by atoms with Crippen molar-refractivity contribution in [3.05, 3.63) is 0 Å². The van der Waals surface area contributed by atoms with Gasteiger partial charge in [0.05, 0.1) is 0 Å². The van der Waals surface area contributed by atoms with Crippen molar-refractivity contribution in [1.29, 1.82) is 0 Å². The third kappa shape index (κ3) is 0.790. The molecule has 0 aromatic rings. The van der Waals surface area contributed by atoms with Crippen molar-refractivity contribution in [1.82, 2.24) is 5.32 Å². The van der Waals surface area contributed by atoms with Crippen molar-refractivity contribution < 1.29 is 13.9 Å². The van der Waals surface area contributed by atoms with Crippen LogP contribution in [0, 0.1) is 0 Å². The number of carbonyl (C=O) groups excluding carboxylic acids is 1. The summed E-state index contributed by atoms with van der Waals surface area (Å²) in [6.45, 7) is -0.535. The molecule has 1 rings (SSSR count). The first-order valence-electron chi connectivity index (χ1n) is 2.30. The molecule has 0 radical (unpaired) electrons. The van der Waals surface area contributed by atoms with Gasteiger partial charge in [0.15, 0.2) is 0 Å². The Morgan fingerprint density at radius 1 is 2.00 bits per heavy atom. The molecular formula is C4H6FNO2. The first kappa shape index (κ1) is 5.50. The molecule has 0 amide bonds. The highest BCUT2D eigenvalue weighted by atomic mass is 19.1. The van der Waals surface area contributed by atoms with Crippen LogP contribution in [0.4, 0.5) is 4.39 Å². The highest BCUT2D eigenvalue weighted by Crippen LogP contribution is 1.96. The van der Waals surface area contributed by atoms with Gasteiger partial charge in [-0.05, 0) is 0 Å². The number of hydrogen-bond donors (Lipinski definition) is 1. The van der Waals surface area contributed by atoms with E-state index >= 15 is 0 Å². The summed E-state index contributed by atoms with van der Waals surface area (Å²) in [7, 11) is 0. The van der Waals surface area contributed by atoms with Crippen molar-refractivity contribution in [3.63, 3.8) is 0 Å². The van der Waals surface area contributed by atoms with E-state index in [-0.39, 0.29) is 6.73 Å². The molecular weight excluding hydrogens is 113 g/mol. The number of esters is 1. The molecule has 0 aliphatic carbocycles. The molecule has 1 unspecified atom stereocenters. The first-order chi connectivity index (χ1) is 3.84. The quantitative estimate of drug-likeness (QED) is 0.470. The normalized spacial score (nSPS) is 28.1. The standard InChI is InChI=1S/C4H6FNO2/c5-1-3-4(7)8-2-6-3/h3,6H,1-2H2. The second-order valence-electron chi connectivity index (χ2n) is 1.52. The molecule has 1 aliphatic heterocycles. The zero-order chi connectivity index (χ0) is 5.98. The van der Waals surface area contributed by atoms with Crippen LogP contribution in [0.3, 0.4) is 0 Å². The van der Waals surface area contributed by atoms with Crippen LogP contribution in [0.15, 0.2) is 0 Å². The predicted molar refractivity (Wildman–Crippen MR) is 23.9 cm³/mol. The molecule has 0 aromatic carbocycles. The molecule has 0 spiro atoms. The minimum Gasteiger partial charge on any atom is -0.448 e. The third-order valence-corrected chi connectivity index (χ3v) is 0.983.